The summed E-state index contributed by atoms with van der Waals surface area (Å²) in [6, 6.07) is 0. The van der Waals surface area contributed by atoms with Crippen molar-refractivity contribution in [1.29, 1.82) is 0 Å². The zero-order valence-electron chi connectivity index (χ0n) is 7.03. The predicted molar refractivity (Wildman–Crippen MR) is 49.9 cm³/mol. The number of carboxylic acid groups (broad SMARTS) is 1. The van der Waals surface area contributed by atoms with Crippen LogP contribution in [-0.2, 0) is 4.79 Å². The second-order valence-electron chi connectivity index (χ2n) is 2.13. The summed E-state index contributed by atoms with van der Waals surface area (Å²) in [5.74, 6) is -0.962. The molecule has 0 fully saturated rings. The van der Waals surface area contributed by atoms with Gasteiger partial charge in [0, 0.05) is 6.08 Å². The molecule has 2 heteroatoms. The van der Waals surface area contributed by atoms with Gasteiger partial charge in [0.25, 0.3) is 0 Å². The maximum atomic E-state index is 10.1. The molecule has 0 saturated heterocycles. The van der Waals surface area contributed by atoms with E-state index in [1.54, 1.807) is 12.2 Å². The second kappa shape index (κ2) is 6.16. The summed E-state index contributed by atoms with van der Waals surface area (Å²) in [5.41, 5.74) is 0.663. The molecule has 0 aromatic rings. The summed E-state index contributed by atoms with van der Waals surface area (Å²) in [5, 5.41) is 8.27. The van der Waals surface area contributed by atoms with Gasteiger partial charge in [-0.2, -0.15) is 0 Å². The van der Waals surface area contributed by atoms with Crippen LogP contribution in [0.3, 0.4) is 0 Å². The summed E-state index contributed by atoms with van der Waals surface area (Å²) in [4.78, 5) is 10.1. The van der Waals surface area contributed by atoms with Gasteiger partial charge in [-0.25, -0.2) is 4.79 Å². The monoisotopic (exact) mass is 164 g/mol. The number of rotatable bonds is 4. The standard InChI is InChI=1S/C10H12O2/c1-3-4-5-6-9(2)7-8-10(11)12/h3-8H,2H2,1H3,(H,11,12)/b4-3-,6-5-,8-7+. The van der Waals surface area contributed by atoms with Crippen molar-refractivity contribution in [3.05, 3.63) is 48.6 Å². The fraction of sp³-hybridized carbons (Fsp3) is 0.100. The molecule has 0 radical (unpaired) electrons. The highest BCUT2D eigenvalue weighted by Gasteiger charge is 1.84. The lowest BCUT2D eigenvalue weighted by Crippen LogP contribution is -1.85. The van der Waals surface area contributed by atoms with Gasteiger partial charge >= 0.3 is 5.97 Å². The van der Waals surface area contributed by atoms with Crippen LogP contribution >= 0.6 is 0 Å². The average molecular weight is 164 g/mol. The predicted octanol–water partition coefficient (Wildman–Crippen LogP) is 2.32. The number of allylic oxidation sites excluding steroid dienone is 6. The minimum absolute atomic E-state index is 0.663. The van der Waals surface area contributed by atoms with E-state index in [2.05, 4.69) is 6.58 Å². The van der Waals surface area contributed by atoms with E-state index in [1.165, 1.54) is 6.08 Å². The highest BCUT2D eigenvalue weighted by Crippen LogP contribution is 1.95. The van der Waals surface area contributed by atoms with E-state index in [4.69, 9.17) is 5.11 Å². The Bertz CT molecular complexity index is 245. The van der Waals surface area contributed by atoms with Crippen molar-refractivity contribution in [3.8, 4) is 0 Å². The lowest BCUT2D eigenvalue weighted by molar-refractivity contribution is -0.131. The SMILES string of the molecule is C=C(/C=C\C=C/C)/C=C/C(=O)O. The van der Waals surface area contributed by atoms with Gasteiger partial charge in [-0.1, -0.05) is 30.9 Å². The van der Waals surface area contributed by atoms with Crippen molar-refractivity contribution in [1.82, 2.24) is 0 Å². The first-order valence-corrected chi connectivity index (χ1v) is 3.56. The Hall–Kier alpha value is -1.57. The minimum Gasteiger partial charge on any atom is -0.478 e. The van der Waals surface area contributed by atoms with Crippen LogP contribution in [0.2, 0.25) is 0 Å². The van der Waals surface area contributed by atoms with Crippen molar-refractivity contribution in [2.45, 2.75) is 6.92 Å². The van der Waals surface area contributed by atoms with E-state index in [0.717, 1.165) is 6.08 Å². The Morgan fingerprint density at radius 1 is 1.25 bits per heavy atom. The van der Waals surface area contributed by atoms with Crippen LogP contribution in [-0.4, -0.2) is 11.1 Å². The topological polar surface area (TPSA) is 37.3 Å². The van der Waals surface area contributed by atoms with Crippen molar-refractivity contribution in [2.75, 3.05) is 0 Å². The lowest BCUT2D eigenvalue weighted by Gasteiger charge is -1.85. The van der Waals surface area contributed by atoms with Crippen LogP contribution in [0.1, 0.15) is 6.92 Å². The number of hydrogen-bond donors (Lipinski definition) is 1. The molecule has 2 nitrogen and oxygen atoms in total. The molecule has 0 aliphatic heterocycles. The van der Waals surface area contributed by atoms with Gasteiger partial charge in [0.15, 0.2) is 0 Å². The molecule has 0 amide bonds. The summed E-state index contributed by atoms with van der Waals surface area (Å²) in [6.45, 7) is 5.53. The summed E-state index contributed by atoms with van der Waals surface area (Å²) < 4.78 is 0. The maximum Gasteiger partial charge on any atom is 0.328 e. The third kappa shape index (κ3) is 6.55. The number of carbonyl (C=O) groups is 1. The van der Waals surface area contributed by atoms with Gasteiger partial charge in [0.2, 0.25) is 0 Å². The van der Waals surface area contributed by atoms with Gasteiger partial charge in [0.1, 0.15) is 0 Å². The van der Waals surface area contributed by atoms with Crippen molar-refractivity contribution in [3.63, 3.8) is 0 Å². The quantitative estimate of drug-likeness (QED) is 0.511. The Kier molecular flexibility index (Phi) is 5.35. The summed E-state index contributed by atoms with van der Waals surface area (Å²) in [6.07, 6.45) is 9.77. The zero-order valence-corrected chi connectivity index (χ0v) is 7.03. The van der Waals surface area contributed by atoms with E-state index in [-0.39, 0.29) is 0 Å². The number of carboxylic acids is 1. The molecule has 0 atom stereocenters. The molecule has 12 heavy (non-hydrogen) atoms. The van der Waals surface area contributed by atoms with E-state index >= 15 is 0 Å². The molecule has 0 saturated carbocycles. The Morgan fingerprint density at radius 3 is 2.42 bits per heavy atom. The van der Waals surface area contributed by atoms with Crippen molar-refractivity contribution < 1.29 is 9.90 Å². The largest absolute Gasteiger partial charge is 0.478 e. The van der Waals surface area contributed by atoms with Crippen LogP contribution in [0.15, 0.2) is 48.6 Å². The first kappa shape index (κ1) is 10.4. The molecule has 0 aliphatic carbocycles. The Morgan fingerprint density at radius 2 is 1.92 bits per heavy atom. The first-order chi connectivity index (χ1) is 5.66. The highest BCUT2D eigenvalue weighted by atomic mass is 16.4. The van der Waals surface area contributed by atoms with Crippen molar-refractivity contribution in [2.24, 2.45) is 0 Å². The molecule has 0 aromatic heterocycles. The highest BCUT2D eigenvalue weighted by molar-refractivity contribution is 5.80. The van der Waals surface area contributed by atoms with Gasteiger partial charge in [-0.3, -0.25) is 0 Å². The molecular weight excluding hydrogens is 152 g/mol. The molecule has 0 aromatic carbocycles. The normalized spacial score (nSPS) is 11.8. The second-order valence-corrected chi connectivity index (χ2v) is 2.13. The van der Waals surface area contributed by atoms with Gasteiger partial charge in [-0.05, 0) is 18.6 Å². The first-order valence-electron chi connectivity index (χ1n) is 3.56. The van der Waals surface area contributed by atoms with E-state index < -0.39 is 5.97 Å². The van der Waals surface area contributed by atoms with Crippen LogP contribution in [0.25, 0.3) is 0 Å². The zero-order chi connectivity index (χ0) is 9.40. The molecule has 64 valence electrons. The third-order valence-electron chi connectivity index (χ3n) is 1.05. The fourth-order valence-electron chi connectivity index (χ4n) is 0.524. The van der Waals surface area contributed by atoms with E-state index in [0.29, 0.717) is 5.57 Å². The van der Waals surface area contributed by atoms with Crippen molar-refractivity contribution >= 4 is 5.97 Å². The molecule has 0 bridgehead atoms. The van der Waals surface area contributed by atoms with Crippen LogP contribution in [0, 0.1) is 0 Å². The van der Waals surface area contributed by atoms with Crippen LogP contribution in [0.5, 0.6) is 0 Å². The molecule has 1 N–H and O–H groups in total. The minimum atomic E-state index is -0.962. The molecular formula is C10H12O2. The van der Waals surface area contributed by atoms with Crippen LogP contribution in [0.4, 0.5) is 0 Å². The Labute approximate surface area is 72.2 Å². The molecule has 0 aliphatic rings. The smallest absolute Gasteiger partial charge is 0.328 e. The maximum absolute atomic E-state index is 10.1. The summed E-state index contributed by atoms with van der Waals surface area (Å²) >= 11 is 0. The number of aliphatic carboxylic acids is 1. The fourth-order valence-corrected chi connectivity index (χ4v) is 0.524. The average Bonchev–Trinajstić information content (AvgIpc) is 2.01. The van der Waals surface area contributed by atoms with Gasteiger partial charge < -0.3 is 5.11 Å². The Balaban J connectivity index is 3.98. The number of hydrogen-bond acceptors (Lipinski definition) is 1. The molecule has 0 unspecified atom stereocenters. The van der Waals surface area contributed by atoms with Crippen LogP contribution < -0.4 is 0 Å². The molecule has 0 spiro atoms. The van der Waals surface area contributed by atoms with Gasteiger partial charge in [-0.15, -0.1) is 0 Å². The third-order valence-corrected chi connectivity index (χ3v) is 1.05. The molecule has 0 rings (SSSR count). The van der Waals surface area contributed by atoms with E-state index in [9.17, 15) is 4.79 Å². The lowest BCUT2D eigenvalue weighted by atomic mass is 10.2. The molecule has 0 heterocycles. The van der Waals surface area contributed by atoms with Gasteiger partial charge in [0.05, 0.1) is 0 Å². The summed E-state index contributed by atoms with van der Waals surface area (Å²) in [7, 11) is 0. The van der Waals surface area contributed by atoms with E-state index in [1.807, 2.05) is 19.1 Å².